The second-order valence-corrected chi connectivity index (χ2v) is 8.57. The Hall–Kier alpha value is -3.35. The minimum Gasteiger partial charge on any atom is -0.384 e. The molecule has 0 bridgehead atoms. The van der Waals surface area contributed by atoms with Crippen LogP contribution in [0.25, 0.3) is 32.9 Å². The Labute approximate surface area is 177 Å². The first-order chi connectivity index (χ1) is 14.7. The lowest BCUT2D eigenvalue weighted by Gasteiger charge is -2.23. The van der Waals surface area contributed by atoms with Crippen LogP contribution in [0.2, 0.25) is 0 Å². The van der Waals surface area contributed by atoms with Gasteiger partial charge in [-0.1, -0.05) is 24.3 Å². The molecule has 4 heterocycles. The van der Waals surface area contributed by atoms with Crippen LogP contribution in [0.5, 0.6) is 0 Å². The summed E-state index contributed by atoms with van der Waals surface area (Å²) >= 11 is 1.61. The van der Waals surface area contributed by atoms with Crippen LogP contribution < -0.4 is 0 Å². The highest BCUT2D eigenvalue weighted by atomic mass is 32.1. The number of thiazole rings is 1. The number of benzene rings is 1. The quantitative estimate of drug-likeness (QED) is 0.451. The van der Waals surface area contributed by atoms with E-state index < -0.39 is 5.60 Å². The molecule has 0 aliphatic heterocycles. The van der Waals surface area contributed by atoms with Gasteiger partial charge in [0.15, 0.2) is 0 Å². The summed E-state index contributed by atoms with van der Waals surface area (Å²) in [6.45, 7) is 0. The number of H-pyrrole nitrogens is 1. The van der Waals surface area contributed by atoms with E-state index >= 15 is 0 Å². The molecule has 0 spiro atoms. The van der Waals surface area contributed by atoms with E-state index in [1.807, 2.05) is 42.6 Å². The highest BCUT2D eigenvalue weighted by molar-refractivity contribution is 7.13. The van der Waals surface area contributed by atoms with Crippen LogP contribution in [0.3, 0.4) is 0 Å². The van der Waals surface area contributed by atoms with Gasteiger partial charge in [0.25, 0.3) is 0 Å². The second kappa shape index (κ2) is 6.58. The third-order valence-electron chi connectivity index (χ3n) is 5.81. The largest absolute Gasteiger partial charge is 0.384 e. The number of aliphatic hydroxyl groups is 1. The number of nitrogens with zero attached hydrogens (tertiary/aromatic N) is 3. The maximum absolute atomic E-state index is 11.4. The molecule has 2 N–H and O–H groups in total. The molecule has 0 saturated carbocycles. The smallest absolute Gasteiger partial charge is 0.137 e. The van der Waals surface area contributed by atoms with Gasteiger partial charge in [0.1, 0.15) is 10.7 Å². The molecule has 146 valence electrons. The molecule has 0 amide bonds. The van der Waals surface area contributed by atoms with Crippen molar-refractivity contribution in [3.05, 3.63) is 89.3 Å². The number of hydrogen-bond donors (Lipinski definition) is 2. The topological polar surface area (TPSA) is 74.7 Å². The lowest BCUT2D eigenvalue weighted by molar-refractivity contribution is 0.0478. The van der Waals surface area contributed by atoms with E-state index in [9.17, 15) is 5.11 Å². The van der Waals surface area contributed by atoms with E-state index in [0.29, 0.717) is 12.8 Å². The molecule has 0 saturated heterocycles. The van der Waals surface area contributed by atoms with Crippen molar-refractivity contribution in [3.63, 3.8) is 0 Å². The molecule has 4 aromatic heterocycles. The van der Waals surface area contributed by atoms with E-state index in [-0.39, 0.29) is 0 Å². The van der Waals surface area contributed by atoms with E-state index in [1.165, 1.54) is 0 Å². The fraction of sp³-hybridized carbons (Fsp3) is 0.125. The molecule has 1 atom stereocenters. The zero-order valence-electron chi connectivity index (χ0n) is 16.0. The van der Waals surface area contributed by atoms with Gasteiger partial charge in [-0.3, -0.25) is 4.98 Å². The number of pyridine rings is 2. The van der Waals surface area contributed by atoms with Gasteiger partial charge in [-0.25, -0.2) is 9.97 Å². The lowest BCUT2D eigenvalue weighted by atomic mass is 9.90. The van der Waals surface area contributed by atoms with Crippen LogP contribution in [0, 0.1) is 0 Å². The van der Waals surface area contributed by atoms with E-state index in [4.69, 9.17) is 4.98 Å². The van der Waals surface area contributed by atoms with Crippen molar-refractivity contribution in [3.8, 4) is 21.8 Å². The van der Waals surface area contributed by atoms with Gasteiger partial charge in [-0.2, -0.15) is 0 Å². The molecule has 5 nitrogen and oxygen atoms in total. The summed E-state index contributed by atoms with van der Waals surface area (Å²) in [6.07, 6.45) is 6.65. The summed E-state index contributed by atoms with van der Waals surface area (Å²) < 4.78 is 0. The van der Waals surface area contributed by atoms with E-state index in [1.54, 1.807) is 23.7 Å². The molecule has 0 fully saturated rings. The first kappa shape index (κ1) is 17.5. The van der Waals surface area contributed by atoms with Gasteiger partial charge in [0, 0.05) is 59.0 Å². The zero-order chi connectivity index (χ0) is 20.1. The Kier molecular flexibility index (Phi) is 3.84. The Morgan fingerprint density at radius 1 is 1.00 bits per heavy atom. The van der Waals surface area contributed by atoms with E-state index in [2.05, 4.69) is 32.5 Å². The zero-order valence-corrected chi connectivity index (χ0v) is 16.9. The fourth-order valence-corrected chi connectivity index (χ4v) is 5.11. The molecule has 1 aliphatic carbocycles. The Bertz CT molecular complexity index is 1360. The summed E-state index contributed by atoms with van der Waals surface area (Å²) in [6, 6.07) is 16.1. The minimum atomic E-state index is -0.921. The monoisotopic (exact) mass is 410 g/mol. The number of fused-ring (bicyclic) bond motifs is 2. The van der Waals surface area contributed by atoms with Gasteiger partial charge in [0.2, 0.25) is 0 Å². The standard InChI is InChI=1S/C24H18N4OS/c29-24(11-16-5-2-8-25-20(16)12-24)17-6-1-4-15(10-17)23-28-21(14-30-23)19-13-27-22-18(19)7-3-9-26-22/h1-10,13-14,29H,11-12H2,(H,26,27)/t24-/m1/s1. The molecule has 1 aromatic carbocycles. The molecule has 6 rings (SSSR count). The van der Waals surface area contributed by atoms with Crippen LogP contribution in [-0.4, -0.2) is 25.0 Å². The molecule has 5 aromatic rings. The molecular formula is C24H18N4OS. The molecule has 0 unspecified atom stereocenters. The minimum absolute atomic E-state index is 0.540. The number of nitrogens with one attached hydrogen (secondary N) is 1. The van der Waals surface area contributed by atoms with Crippen molar-refractivity contribution in [1.82, 2.24) is 19.9 Å². The predicted octanol–water partition coefficient (Wildman–Crippen LogP) is 4.73. The Balaban J connectivity index is 1.35. The van der Waals surface area contributed by atoms with Crippen molar-refractivity contribution < 1.29 is 5.11 Å². The maximum atomic E-state index is 11.4. The molecule has 0 radical (unpaired) electrons. The Morgan fingerprint density at radius 2 is 1.90 bits per heavy atom. The van der Waals surface area contributed by atoms with Crippen molar-refractivity contribution in [2.45, 2.75) is 18.4 Å². The summed E-state index contributed by atoms with van der Waals surface area (Å²) in [4.78, 5) is 16.9. The maximum Gasteiger partial charge on any atom is 0.137 e. The van der Waals surface area contributed by atoms with Gasteiger partial charge < -0.3 is 10.1 Å². The summed E-state index contributed by atoms with van der Waals surface area (Å²) in [5.41, 5.74) is 5.94. The van der Waals surface area contributed by atoms with Gasteiger partial charge >= 0.3 is 0 Å². The first-order valence-corrected chi connectivity index (χ1v) is 10.7. The van der Waals surface area contributed by atoms with Gasteiger partial charge in [0.05, 0.1) is 11.3 Å². The molecular weight excluding hydrogens is 392 g/mol. The van der Waals surface area contributed by atoms with E-state index in [0.717, 1.165) is 49.7 Å². The second-order valence-electron chi connectivity index (χ2n) is 7.71. The predicted molar refractivity (Wildman–Crippen MR) is 118 cm³/mol. The SMILES string of the molecule is O[C@]1(c2cccc(-c3nc(-c4c[nH]c5ncccc45)cs3)c2)Cc2cccnc2C1. The highest BCUT2D eigenvalue weighted by Gasteiger charge is 2.37. The van der Waals surface area contributed by atoms with Crippen LogP contribution in [0.4, 0.5) is 0 Å². The van der Waals surface area contributed by atoms with Crippen molar-refractivity contribution in [2.75, 3.05) is 0 Å². The number of hydrogen-bond acceptors (Lipinski definition) is 5. The van der Waals surface area contributed by atoms with Gasteiger partial charge in [-0.05, 0) is 35.4 Å². The van der Waals surface area contributed by atoms with Crippen molar-refractivity contribution >= 4 is 22.4 Å². The number of rotatable bonds is 3. The fourth-order valence-electron chi connectivity index (χ4n) is 4.29. The Morgan fingerprint density at radius 3 is 2.83 bits per heavy atom. The van der Waals surface area contributed by atoms with Gasteiger partial charge in [-0.15, -0.1) is 11.3 Å². The van der Waals surface area contributed by atoms with Crippen molar-refractivity contribution in [2.24, 2.45) is 0 Å². The number of aromatic nitrogens is 4. The van der Waals surface area contributed by atoms with Crippen LogP contribution in [0.1, 0.15) is 16.8 Å². The normalized spacial score (nSPS) is 18.0. The highest BCUT2D eigenvalue weighted by Crippen LogP contribution is 2.39. The first-order valence-electron chi connectivity index (χ1n) is 9.84. The molecule has 1 aliphatic rings. The lowest BCUT2D eigenvalue weighted by Crippen LogP contribution is -2.26. The summed E-state index contributed by atoms with van der Waals surface area (Å²) in [7, 11) is 0. The van der Waals surface area contributed by atoms with Crippen LogP contribution >= 0.6 is 11.3 Å². The van der Waals surface area contributed by atoms with Crippen LogP contribution in [0.15, 0.2) is 72.5 Å². The summed E-state index contributed by atoms with van der Waals surface area (Å²) in [5.74, 6) is 0. The third-order valence-corrected chi connectivity index (χ3v) is 6.70. The third kappa shape index (κ3) is 2.76. The number of aromatic amines is 1. The summed E-state index contributed by atoms with van der Waals surface area (Å²) in [5, 5.41) is 15.4. The molecule has 6 heteroatoms. The van der Waals surface area contributed by atoms with Crippen LogP contribution in [-0.2, 0) is 18.4 Å². The average Bonchev–Trinajstić information content (AvgIpc) is 3.50. The average molecular weight is 411 g/mol. The molecule has 30 heavy (non-hydrogen) atoms. The van der Waals surface area contributed by atoms with Crippen molar-refractivity contribution in [1.29, 1.82) is 0 Å².